The number of hydrogen-bond acceptors (Lipinski definition) is 3. The highest BCUT2D eigenvalue weighted by atomic mass is 32.2. The molecule has 0 radical (unpaired) electrons. The van der Waals surface area contributed by atoms with Crippen molar-refractivity contribution in [3.05, 3.63) is 24.2 Å². The Morgan fingerprint density at radius 3 is 3.12 bits per heavy atom. The van der Waals surface area contributed by atoms with Gasteiger partial charge in [0.1, 0.15) is 5.76 Å². The van der Waals surface area contributed by atoms with Crippen LogP contribution in [0.2, 0.25) is 0 Å². The highest BCUT2D eigenvalue weighted by Gasteiger charge is 1.90. The number of furan rings is 1. The molecule has 3 heteroatoms. The fourth-order valence-corrected chi connectivity index (χ4v) is 0.750. The molecule has 0 aromatic carbocycles. The predicted molar refractivity (Wildman–Crippen MR) is 32.6 cm³/mol. The molecule has 44 valence electrons. The van der Waals surface area contributed by atoms with Gasteiger partial charge >= 0.3 is 0 Å². The summed E-state index contributed by atoms with van der Waals surface area (Å²) in [6.07, 6.45) is 1.59. The van der Waals surface area contributed by atoms with E-state index in [4.69, 9.17) is 8.97 Å². The SMILES string of the molecule is OSCc1ccco1. The van der Waals surface area contributed by atoms with Gasteiger partial charge in [-0.2, -0.15) is 0 Å². The maximum atomic E-state index is 8.29. The van der Waals surface area contributed by atoms with Crippen LogP contribution < -0.4 is 0 Å². The van der Waals surface area contributed by atoms with Crippen molar-refractivity contribution in [1.29, 1.82) is 0 Å². The Morgan fingerprint density at radius 1 is 1.75 bits per heavy atom. The fourth-order valence-electron chi connectivity index (χ4n) is 0.458. The maximum Gasteiger partial charge on any atom is 0.115 e. The summed E-state index contributed by atoms with van der Waals surface area (Å²) in [4.78, 5) is 0. The van der Waals surface area contributed by atoms with Crippen LogP contribution in [0.1, 0.15) is 5.76 Å². The molecule has 0 amide bonds. The standard InChI is InChI=1S/C5H6O2S/c6-8-4-5-2-1-3-7-5/h1-3,6H,4H2. The molecular weight excluding hydrogens is 124 g/mol. The summed E-state index contributed by atoms with van der Waals surface area (Å²) in [5.74, 6) is 1.34. The minimum absolute atomic E-state index is 0.535. The van der Waals surface area contributed by atoms with Crippen molar-refractivity contribution >= 4 is 12.0 Å². The molecule has 8 heavy (non-hydrogen) atoms. The normalized spacial score (nSPS) is 9.62. The van der Waals surface area contributed by atoms with Gasteiger partial charge in [0.25, 0.3) is 0 Å². The zero-order chi connectivity index (χ0) is 5.82. The molecule has 1 heterocycles. The first kappa shape index (κ1) is 5.72. The van der Waals surface area contributed by atoms with Gasteiger partial charge in [0.2, 0.25) is 0 Å². The average Bonchev–Trinajstić information content (AvgIpc) is 2.19. The van der Waals surface area contributed by atoms with Crippen LogP contribution in [0.15, 0.2) is 22.8 Å². The second kappa shape index (κ2) is 2.79. The van der Waals surface area contributed by atoms with Crippen LogP contribution in [0.5, 0.6) is 0 Å². The quantitative estimate of drug-likeness (QED) is 0.621. The first-order chi connectivity index (χ1) is 3.93. The van der Waals surface area contributed by atoms with Crippen molar-refractivity contribution in [3.63, 3.8) is 0 Å². The monoisotopic (exact) mass is 130 g/mol. The van der Waals surface area contributed by atoms with E-state index in [2.05, 4.69) is 0 Å². The lowest BCUT2D eigenvalue weighted by Crippen LogP contribution is -1.68. The largest absolute Gasteiger partial charge is 0.468 e. The molecule has 1 N–H and O–H groups in total. The molecule has 1 aromatic heterocycles. The number of rotatable bonds is 2. The zero-order valence-corrected chi connectivity index (χ0v) is 5.02. The fraction of sp³-hybridized carbons (Fsp3) is 0.200. The molecule has 0 atom stereocenters. The molecule has 0 fully saturated rings. The van der Waals surface area contributed by atoms with Gasteiger partial charge in [-0.3, -0.25) is 0 Å². The Labute approximate surface area is 51.7 Å². The van der Waals surface area contributed by atoms with Gasteiger partial charge < -0.3 is 8.97 Å². The summed E-state index contributed by atoms with van der Waals surface area (Å²) in [5.41, 5.74) is 0. The highest BCUT2D eigenvalue weighted by Crippen LogP contribution is 2.07. The summed E-state index contributed by atoms with van der Waals surface area (Å²) in [6, 6.07) is 3.62. The molecule has 0 spiro atoms. The Balaban J connectivity index is 2.50. The molecular formula is C5H6O2S. The van der Waals surface area contributed by atoms with Crippen molar-refractivity contribution in [2.75, 3.05) is 0 Å². The van der Waals surface area contributed by atoms with Gasteiger partial charge in [0.05, 0.1) is 12.0 Å². The van der Waals surface area contributed by atoms with E-state index in [1.165, 1.54) is 0 Å². The highest BCUT2D eigenvalue weighted by molar-refractivity contribution is 7.92. The van der Waals surface area contributed by atoms with Crippen LogP contribution >= 0.6 is 12.0 Å². The van der Waals surface area contributed by atoms with E-state index in [1.54, 1.807) is 12.3 Å². The molecule has 0 saturated heterocycles. The third-order valence-corrected chi connectivity index (χ3v) is 1.20. The maximum absolute atomic E-state index is 8.29. The Bertz CT molecular complexity index is 136. The van der Waals surface area contributed by atoms with E-state index in [0.717, 1.165) is 17.8 Å². The summed E-state index contributed by atoms with van der Waals surface area (Å²) >= 11 is 0.766. The lowest BCUT2D eigenvalue weighted by molar-refractivity contribution is 0.526. The van der Waals surface area contributed by atoms with E-state index in [-0.39, 0.29) is 0 Å². The van der Waals surface area contributed by atoms with Crippen molar-refractivity contribution < 1.29 is 8.97 Å². The lowest BCUT2D eigenvalue weighted by atomic mass is 10.5. The molecule has 0 aliphatic rings. The van der Waals surface area contributed by atoms with Crippen molar-refractivity contribution in [2.24, 2.45) is 0 Å². The van der Waals surface area contributed by atoms with Crippen molar-refractivity contribution in [1.82, 2.24) is 0 Å². The third-order valence-electron chi connectivity index (χ3n) is 0.787. The van der Waals surface area contributed by atoms with E-state index in [9.17, 15) is 0 Å². The molecule has 0 bridgehead atoms. The smallest absolute Gasteiger partial charge is 0.115 e. The molecule has 0 unspecified atom stereocenters. The predicted octanol–water partition coefficient (Wildman–Crippen LogP) is 1.99. The van der Waals surface area contributed by atoms with Crippen LogP contribution in [0.25, 0.3) is 0 Å². The first-order valence-electron chi connectivity index (χ1n) is 2.22. The summed E-state index contributed by atoms with van der Waals surface area (Å²) in [7, 11) is 0. The molecule has 1 aromatic rings. The second-order valence-electron chi connectivity index (χ2n) is 1.35. The van der Waals surface area contributed by atoms with Crippen molar-refractivity contribution in [2.45, 2.75) is 5.75 Å². The molecule has 0 aliphatic carbocycles. The van der Waals surface area contributed by atoms with Crippen LogP contribution in [0.4, 0.5) is 0 Å². The molecule has 0 saturated carbocycles. The summed E-state index contributed by atoms with van der Waals surface area (Å²) in [6.45, 7) is 0. The van der Waals surface area contributed by atoms with E-state index >= 15 is 0 Å². The molecule has 0 aliphatic heterocycles. The zero-order valence-electron chi connectivity index (χ0n) is 4.20. The minimum atomic E-state index is 0.535. The lowest BCUT2D eigenvalue weighted by Gasteiger charge is -1.84. The van der Waals surface area contributed by atoms with Crippen molar-refractivity contribution in [3.8, 4) is 0 Å². The van der Waals surface area contributed by atoms with Gasteiger partial charge in [-0.25, -0.2) is 0 Å². The summed E-state index contributed by atoms with van der Waals surface area (Å²) < 4.78 is 13.2. The minimum Gasteiger partial charge on any atom is -0.468 e. The average molecular weight is 130 g/mol. The second-order valence-corrected chi connectivity index (χ2v) is 1.90. The third kappa shape index (κ3) is 1.28. The van der Waals surface area contributed by atoms with E-state index < -0.39 is 0 Å². The van der Waals surface area contributed by atoms with E-state index in [0.29, 0.717) is 5.75 Å². The number of hydrogen-bond donors (Lipinski definition) is 1. The van der Waals surface area contributed by atoms with Gasteiger partial charge in [-0.05, 0) is 24.2 Å². The molecule has 2 nitrogen and oxygen atoms in total. The Kier molecular flexibility index (Phi) is 2.00. The Hall–Kier alpha value is -0.410. The molecule has 1 rings (SSSR count). The van der Waals surface area contributed by atoms with Crippen LogP contribution in [-0.4, -0.2) is 4.55 Å². The van der Waals surface area contributed by atoms with Crippen LogP contribution in [0, 0.1) is 0 Å². The van der Waals surface area contributed by atoms with Gasteiger partial charge in [-0.1, -0.05) is 0 Å². The van der Waals surface area contributed by atoms with Gasteiger partial charge in [0.15, 0.2) is 0 Å². The van der Waals surface area contributed by atoms with Crippen LogP contribution in [-0.2, 0) is 5.75 Å². The first-order valence-corrected chi connectivity index (χ1v) is 3.16. The van der Waals surface area contributed by atoms with Crippen LogP contribution in [0.3, 0.4) is 0 Å². The van der Waals surface area contributed by atoms with Gasteiger partial charge in [0, 0.05) is 0 Å². The topological polar surface area (TPSA) is 33.4 Å². The summed E-state index contributed by atoms with van der Waals surface area (Å²) in [5, 5.41) is 0. The Morgan fingerprint density at radius 2 is 2.62 bits per heavy atom. The van der Waals surface area contributed by atoms with Gasteiger partial charge in [-0.15, -0.1) is 0 Å². The van der Waals surface area contributed by atoms with E-state index in [1.807, 2.05) is 6.07 Å².